The summed E-state index contributed by atoms with van der Waals surface area (Å²) < 4.78 is 1.65. The number of thioether (sulfide) groups is 1. The van der Waals surface area contributed by atoms with Gasteiger partial charge in [-0.2, -0.15) is 0 Å². The minimum atomic E-state index is -0.143. The number of rotatable bonds is 6. The Bertz CT molecular complexity index is 1240. The fourth-order valence-electron chi connectivity index (χ4n) is 3.12. The first kappa shape index (κ1) is 19.9. The molecule has 5 nitrogen and oxygen atoms in total. The van der Waals surface area contributed by atoms with Gasteiger partial charge in [0.25, 0.3) is 5.56 Å². The number of aromatic nitrogens is 2. The quantitative estimate of drug-likeness (QED) is 0.372. The minimum absolute atomic E-state index is 0.104. The lowest BCUT2D eigenvalue weighted by atomic mass is 10.1. The predicted octanol–water partition coefficient (Wildman–Crippen LogP) is 4.48. The van der Waals surface area contributed by atoms with Gasteiger partial charge in [-0.15, -0.1) is 0 Å². The van der Waals surface area contributed by atoms with Crippen LogP contribution < -0.4 is 10.9 Å². The highest BCUT2D eigenvalue weighted by molar-refractivity contribution is 7.99. The molecule has 0 spiro atoms. The summed E-state index contributed by atoms with van der Waals surface area (Å²) >= 11 is 1.27. The van der Waals surface area contributed by atoms with Crippen molar-refractivity contribution in [2.75, 3.05) is 11.1 Å². The zero-order valence-electron chi connectivity index (χ0n) is 16.5. The zero-order chi connectivity index (χ0) is 20.9. The number of nitrogens with zero attached hydrogens (tertiary/aromatic N) is 2. The summed E-state index contributed by atoms with van der Waals surface area (Å²) in [5.74, 6) is 0.0172. The lowest BCUT2D eigenvalue weighted by molar-refractivity contribution is -0.113. The van der Waals surface area contributed by atoms with Gasteiger partial charge in [0.2, 0.25) is 5.91 Å². The van der Waals surface area contributed by atoms with Crippen molar-refractivity contribution < 1.29 is 4.79 Å². The normalized spacial score (nSPS) is 10.8. The van der Waals surface area contributed by atoms with E-state index in [1.165, 1.54) is 11.8 Å². The molecule has 0 fully saturated rings. The number of carbonyl (C=O) groups is 1. The third kappa shape index (κ3) is 4.60. The van der Waals surface area contributed by atoms with Crippen LogP contribution in [0.1, 0.15) is 11.1 Å². The summed E-state index contributed by atoms with van der Waals surface area (Å²) in [5.41, 5.74) is 3.44. The maximum absolute atomic E-state index is 13.2. The van der Waals surface area contributed by atoms with E-state index in [1.807, 2.05) is 79.7 Å². The van der Waals surface area contributed by atoms with Crippen LogP contribution in [0.4, 0.5) is 5.69 Å². The van der Waals surface area contributed by atoms with Crippen LogP contribution in [0.3, 0.4) is 0 Å². The predicted molar refractivity (Wildman–Crippen MR) is 122 cm³/mol. The summed E-state index contributed by atoms with van der Waals surface area (Å²) in [5, 5.41) is 3.97. The van der Waals surface area contributed by atoms with Gasteiger partial charge < -0.3 is 5.32 Å². The molecule has 0 aliphatic rings. The number of anilines is 1. The Morgan fingerprint density at radius 1 is 0.967 bits per heavy atom. The van der Waals surface area contributed by atoms with E-state index in [0.717, 1.165) is 16.8 Å². The van der Waals surface area contributed by atoms with Crippen molar-refractivity contribution in [3.05, 3.63) is 100 Å². The Labute approximate surface area is 178 Å². The van der Waals surface area contributed by atoms with E-state index in [4.69, 9.17) is 0 Å². The lowest BCUT2D eigenvalue weighted by Crippen LogP contribution is -2.24. The maximum Gasteiger partial charge on any atom is 0.262 e. The van der Waals surface area contributed by atoms with Gasteiger partial charge in [-0.05, 0) is 36.8 Å². The Hall–Kier alpha value is -3.38. The molecule has 0 aliphatic heterocycles. The standard InChI is InChI=1S/C24H21N3O2S/c1-17-11-13-18(14-12-17)15-27-23(29)20-9-5-6-10-21(20)26-24(27)30-16-22(28)25-19-7-3-2-4-8-19/h2-14H,15-16H2,1H3,(H,25,28). The highest BCUT2D eigenvalue weighted by Gasteiger charge is 2.14. The molecule has 30 heavy (non-hydrogen) atoms. The summed E-state index contributed by atoms with van der Waals surface area (Å²) in [6, 6.07) is 24.7. The van der Waals surface area contributed by atoms with Crippen LogP contribution in [0, 0.1) is 6.92 Å². The molecule has 150 valence electrons. The lowest BCUT2D eigenvalue weighted by Gasteiger charge is -2.13. The number of aryl methyl sites for hydroxylation is 1. The van der Waals surface area contributed by atoms with E-state index in [0.29, 0.717) is 22.6 Å². The van der Waals surface area contributed by atoms with Crippen LogP contribution in [0.15, 0.2) is 88.8 Å². The van der Waals surface area contributed by atoms with Gasteiger partial charge in [0.15, 0.2) is 5.16 Å². The van der Waals surface area contributed by atoms with Crippen molar-refractivity contribution in [1.29, 1.82) is 0 Å². The van der Waals surface area contributed by atoms with Crippen molar-refractivity contribution in [1.82, 2.24) is 9.55 Å². The van der Waals surface area contributed by atoms with Gasteiger partial charge in [0.1, 0.15) is 0 Å². The molecule has 1 amide bonds. The van der Waals surface area contributed by atoms with Gasteiger partial charge in [-0.3, -0.25) is 14.2 Å². The second-order valence-corrected chi connectivity index (χ2v) is 7.93. The monoisotopic (exact) mass is 415 g/mol. The summed E-state index contributed by atoms with van der Waals surface area (Å²) in [7, 11) is 0. The van der Waals surface area contributed by atoms with Crippen molar-refractivity contribution >= 4 is 34.3 Å². The highest BCUT2D eigenvalue weighted by Crippen LogP contribution is 2.20. The number of nitrogens with one attached hydrogen (secondary N) is 1. The van der Waals surface area contributed by atoms with Gasteiger partial charge in [-0.1, -0.05) is 71.9 Å². The van der Waals surface area contributed by atoms with Crippen molar-refractivity contribution in [2.24, 2.45) is 0 Å². The third-order valence-corrected chi connectivity index (χ3v) is 5.65. The van der Waals surface area contributed by atoms with Crippen LogP contribution in [0.2, 0.25) is 0 Å². The van der Waals surface area contributed by atoms with Gasteiger partial charge >= 0.3 is 0 Å². The van der Waals surface area contributed by atoms with Gasteiger partial charge in [-0.25, -0.2) is 4.98 Å². The summed E-state index contributed by atoms with van der Waals surface area (Å²) in [4.78, 5) is 30.2. The first-order valence-corrected chi connectivity index (χ1v) is 10.6. The molecule has 0 saturated carbocycles. The molecule has 1 heterocycles. The molecular formula is C24H21N3O2S. The number of para-hydroxylation sites is 2. The van der Waals surface area contributed by atoms with E-state index in [-0.39, 0.29) is 17.2 Å². The fraction of sp³-hybridized carbons (Fsp3) is 0.125. The number of benzene rings is 3. The molecule has 0 aliphatic carbocycles. The minimum Gasteiger partial charge on any atom is -0.325 e. The highest BCUT2D eigenvalue weighted by atomic mass is 32.2. The Morgan fingerprint density at radius 3 is 2.43 bits per heavy atom. The SMILES string of the molecule is Cc1ccc(Cn2c(SCC(=O)Nc3ccccc3)nc3ccccc3c2=O)cc1. The molecule has 0 atom stereocenters. The Balaban J connectivity index is 1.62. The fourth-order valence-corrected chi connectivity index (χ4v) is 3.92. The van der Waals surface area contributed by atoms with Crippen LogP contribution in [0.25, 0.3) is 10.9 Å². The summed E-state index contributed by atoms with van der Waals surface area (Å²) in [6.07, 6.45) is 0. The maximum atomic E-state index is 13.2. The first-order chi connectivity index (χ1) is 14.6. The van der Waals surface area contributed by atoms with E-state index in [9.17, 15) is 9.59 Å². The van der Waals surface area contributed by atoms with E-state index < -0.39 is 0 Å². The van der Waals surface area contributed by atoms with E-state index in [2.05, 4.69) is 10.3 Å². The number of hydrogen-bond acceptors (Lipinski definition) is 4. The smallest absolute Gasteiger partial charge is 0.262 e. The van der Waals surface area contributed by atoms with E-state index >= 15 is 0 Å². The largest absolute Gasteiger partial charge is 0.325 e. The number of amides is 1. The van der Waals surface area contributed by atoms with Gasteiger partial charge in [0.05, 0.1) is 23.2 Å². The van der Waals surface area contributed by atoms with Crippen molar-refractivity contribution in [3.63, 3.8) is 0 Å². The van der Waals surface area contributed by atoms with Crippen LogP contribution in [-0.2, 0) is 11.3 Å². The molecule has 1 N–H and O–H groups in total. The van der Waals surface area contributed by atoms with Crippen molar-refractivity contribution in [3.8, 4) is 0 Å². The Morgan fingerprint density at radius 2 is 1.67 bits per heavy atom. The molecule has 6 heteroatoms. The molecule has 0 bridgehead atoms. The first-order valence-electron chi connectivity index (χ1n) is 9.63. The molecular weight excluding hydrogens is 394 g/mol. The average Bonchev–Trinajstić information content (AvgIpc) is 2.76. The molecule has 0 radical (unpaired) electrons. The van der Waals surface area contributed by atoms with Gasteiger partial charge in [0, 0.05) is 5.69 Å². The molecule has 0 saturated heterocycles. The van der Waals surface area contributed by atoms with Crippen molar-refractivity contribution in [2.45, 2.75) is 18.6 Å². The van der Waals surface area contributed by atoms with E-state index in [1.54, 1.807) is 10.6 Å². The number of carbonyl (C=O) groups excluding carboxylic acids is 1. The van der Waals surface area contributed by atoms with Crippen LogP contribution in [-0.4, -0.2) is 21.2 Å². The molecule has 3 aromatic carbocycles. The second-order valence-electron chi connectivity index (χ2n) is 6.99. The second kappa shape index (κ2) is 8.97. The zero-order valence-corrected chi connectivity index (χ0v) is 17.4. The number of fused-ring (bicyclic) bond motifs is 1. The molecule has 4 aromatic rings. The van der Waals surface area contributed by atoms with Crippen LogP contribution >= 0.6 is 11.8 Å². The molecule has 0 unspecified atom stereocenters. The average molecular weight is 416 g/mol. The molecule has 4 rings (SSSR count). The third-order valence-electron chi connectivity index (χ3n) is 4.68. The molecule has 1 aromatic heterocycles. The summed E-state index contributed by atoms with van der Waals surface area (Å²) in [6.45, 7) is 2.43. The topological polar surface area (TPSA) is 64.0 Å². The number of hydrogen-bond donors (Lipinski definition) is 1. The Kier molecular flexibility index (Phi) is 5.95. The van der Waals surface area contributed by atoms with Crippen LogP contribution in [0.5, 0.6) is 0 Å².